The van der Waals surface area contributed by atoms with Crippen LogP contribution in [0.1, 0.15) is 26.7 Å². The standard InChI is InChI=1S/C26H30ClFN6O/c1-17-5-4-12-34(17)26-29-22(19-6-8-20(28)9-7-19)15-23(30-26)33-14-13-32(16-18(33)2)25-21(27)10-11-24(31-25)35-3/h6-11,15,17-18H,4-5,12-14,16H2,1-3H3/t17?,18-/m1/s1. The molecule has 7 nitrogen and oxygen atoms in total. The summed E-state index contributed by atoms with van der Waals surface area (Å²) in [5, 5.41) is 0.609. The monoisotopic (exact) mass is 496 g/mol. The lowest BCUT2D eigenvalue weighted by Crippen LogP contribution is -2.52. The fraction of sp³-hybridized carbons (Fsp3) is 0.423. The predicted octanol–water partition coefficient (Wildman–Crippen LogP) is 5.04. The van der Waals surface area contributed by atoms with E-state index in [0.717, 1.165) is 67.9 Å². The third-order valence-corrected chi connectivity index (χ3v) is 7.18. The summed E-state index contributed by atoms with van der Waals surface area (Å²) in [6.07, 6.45) is 2.26. The second kappa shape index (κ2) is 9.85. The molecule has 2 aromatic heterocycles. The highest BCUT2D eigenvalue weighted by Crippen LogP contribution is 2.32. The van der Waals surface area contributed by atoms with Gasteiger partial charge in [-0.15, -0.1) is 0 Å². The first kappa shape index (κ1) is 23.6. The van der Waals surface area contributed by atoms with Gasteiger partial charge in [-0.05, 0) is 57.0 Å². The molecule has 5 rings (SSSR count). The Morgan fingerprint density at radius 3 is 2.43 bits per heavy atom. The zero-order valence-corrected chi connectivity index (χ0v) is 21.0. The summed E-state index contributed by atoms with van der Waals surface area (Å²) in [7, 11) is 1.60. The Labute approximate surface area is 210 Å². The molecule has 0 bridgehead atoms. The van der Waals surface area contributed by atoms with E-state index in [4.69, 9.17) is 26.3 Å². The molecule has 2 saturated heterocycles. The molecule has 2 fully saturated rings. The minimum atomic E-state index is -0.258. The van der Waals surface area contributed by atoms with Crippen LogP contribution in [0.15, 0.2) is 42.5 Å². The van der Waals surface area contributed by atoms with Crippen LogP contribution in [0.25, 0.3) is 11.3 Å². The number of piperazine rings is 1. The van der Waals surface area contributed by atoms with E-state index in [-0.39, 0.29) is 11.9 Å². The number of methoxy groups -OCH3 is 1. The highest BCUT2D eigenvalue weighted by atomic mass is 35.5. The van der Waals surface area contributed by atoms with Crippen LogP contribution in [0.4, 0.5) is 22.0 Å². The van der Waals surface area contributed by atoms with Crippen LogP contribution >= 0.6 is 11.6 Å². The second-order valence-corrected chi connectivity index (χ2v) is 9.66. The van der Waals surface area contributed by atoms with E-state index in [9.17, 15) is 4.39 Å². The van der Waals surface area contributed by atoms with Crippen molar-refractivity contribution in [2.24, 2.45) is 0 Å². The van der Waals surface area contributed by atoms with Crippen molar-refractivity contribution in [2.75, 3.05) is 48.0 Å². The van der Waals surface area contributed by atoms with E-state index in [2.05, 4.69) is 33.5 Å². The molecule has 2 atom stereocenters. The molecule has 35 heavy (non-hydrogen) atoms. The number of aromatic nitrogens is 3. The van der Waals surface area contributed by atoms with Gasteiger partial charge in [-0.25, -0.2) is 9.37 Å². The summed E-state index contributed by atoms with van der Waals surface area (Å²) < 4.78 is 18.9. The van der Waals surface area contributed by atoms with Gasteiger partial charge in [0, 0.05) is 56.0 Å². The summed E-state index contributed by atoms with van der Waals surface area (Å²) in [6, 6.07) is 12.7. The number of benzene rings is 1. The molecular weight excluding hydrogens is 467 g/mol. The molecule has 1 aromatic carbocycles. The average molecular weight is 497 g/mol. The average Bonchev–Trinajstić information content (AvgIpc) is 3.30. The first-order valence-corrected chi connectivity index (χ1v) is 12.4. The van der Waals surface area contributed by atoms with Crippen LogP contribution in [0.3, 0.4) is 0 Å². The Kier molecular flexibility index (Phi) is 6.65. The maximum Gasteiger partial charge on any atom is 0.228 e. The molecule has 0 amide bonds. The highest BCUT2D eigenvalue weighted by molar-refractivity contribution is 6.33. The van der Waals surface area contributed by atoms with Gasteiger partial charge in [-0.3, -0.25) is 0 Å². The number of ether oxygens (including phenoxy) is 1. The van der Waals surface area contributed by atoms with Crippen molar-refractivity contribution < 1.29 is 9.13 Å². The first-order valence-electron chi connectivity index (χ1n) is 12.1. The number of pyridine rings is 1. The lowest BCUT2D eigenvalue weighted by atomic mass is 10.1. The Morgan fingerprint density at radius 2 is 1.74 bits per heavy atom. The van der Waals surface area contributed by atoms with E-state index in [0.29, 0.717) is 16.9 Å². The lowest BCUT2D eigenvalue weighted by Gasteiger charge is -2.41. The fourth-order valence-electron chi connectivity index (χ4n) is 4.94. The maximum absolute atomic E-state index is 13.6. The molecule has 9 heteroatoms. The first-order chi connectivity index (χ1) is 16.9. The van der Waals surface area contributed by atoms with Crippen molar-refractivity contribution in [3.8, 4) is 17.1 Å². The lowest BCUT2D eigenvalue weighted by molar-refractivity contribution is 0.397. The van der Waals surface area contributed by atoms with Gasteiger partial charge < -0.3 is 19.4 Å². The topological polar surface area (TPSA) is 57.6 Å². The van der Waals surface area contributed by atoms with Crippen molar-refractivity contribution in [1.29, 1.82) is 0 Å². The van der Waals surface area contributed by atoms with E-state index in [1.165, 1.54) is 12.1 Å². The smallest absolute Gasteiger partial charge is 0.228 e. The number of halogens is 2. The van der Waals surface area contributed by atoms with Gasteiger partial charge in [0.15, 0.2) is 5.82 Å². The normalized spacial score (nSPS) is 20.4. The van der Waals surface area contributed by atoms with Crippen molar-refractivity contribution in [3.05, 3.63) is 53.3 Å². The molecule has 184 valence electrons. The van der Waals surface area contributed by atoms with Crippen molar-refractivity contribution in [3.63, 3.8) is 0 Å². The zero-order valence-electron chi connectivity index (χ0n) is 20.3. The van der Waals surface area contributed by atoms with Gasteiger partial charge in [0.25, 0.3) is 0 Å². The third-order valence-electron chi connectivity index (χ3n) is 6.88. The van der Waals surface area contributed by atoms with E-state index >= 15 is 0 Å². The van der Waals surface area contributed by atoms with Crippen molar-refractivity contribution >= 4 is 29.2 Å². The summed E-state index contributed by atoms with van der Waals surface area (Å²) in [5.41, 5.74) is 1.68. The van der Waals surface area contributed by atoms with Crippen LogP contribution in [0.2, 0.25) is 5.02 Å². The molecule has 0 aliphatic carbocycles. The molecule has 3 aromatic rings. The molecule has 1 unspecified atom stereocenters. The summed E-state index contributed by atoms with van der Waals surface area (Å²) in [4.78, 5) is 21.3. The summed E-state index contributed by atoms with van der Waals surface area (Å²) >= 11 is 6.47. The predicted molar refractivity (Wildman–Crippen MR) is 138 cm³/mol. The SMILES string of the molecule is COc1ccc(Cl)c(N2CCN(c3cc(-c4ccc(F)cc4)nc(N4CCCC4C)n3)[C@H](C)C2)n1. The van der Waals surface area contributed by atoms with E-state index in [1.807, 2.05) is 12.1 Å². The number of hydrogen-bond donors (Lipinski definition) is 0. The van der Waals surface area contributed by atoms with Gasteiger partial charge in [0.1, 0.15) is 11.6 Å². The molecule has 2 aliphatic heterocycles. The second-order valence-electron chi connectivity index (χ2n) is 9.25. The molecule has 0 spiro atoms. The van der Waals surface area contributed by atoms with Crippen molar-refractivity contribution in [2.45, 2.75) is 38.8 Å². The number of nitrogens with zero attached hydrogens (tertiary/aromatic N) is 6. The van der Waals surface area contributed by atoms with Gasteiger partial charge in [-0.2, -0.15) is 9.97 Å². The maximum atomic E-state index is 13.6. The Hall–Kier alpha value is -3.13. The van der Waals surface area contributed by atoms with Gasteiger partial charge in [0.2, 0.25) is 11.8 Å². The van der Waals surface area contributed by atoms with Crippen molar-refractivity contribution in [1.82, 2.24) is 15.0 Å². The fourth-order valence-corrected chi connectivity index (χ4v) is 5.16. The third kappa shape index (κ3) is 4.85. The van der Waals surface area contributed by atoms with Gasteiger partial charge >= 0.3 is 0 Å². The Bertz CT molecular complexity index is 1190. The molecule has 0 radical (unpaired) electrons. The quantitative estimate of drug-likeness (QED) is 0.490. The van der Waals surface area contributed by atoms with Crippen LogP contribution < -0.4 is 19.4 Å². The molecule has 4 heterocycles. The van der Waals surface area contributed by atoms with E-state index < -0.39 is 0 Å². The van der Waals surface area contributed by atoms with Crippen LogP contribution in [-0.2, 0) is 0 Å². The van der Waals surface area contributed by atoms with E-state index in [1.54, 1.807) is 25.3 Å². The van der Waals surface area contributed by atoms with Crippen LogP contribution in [0.5, 0.6) is 5.88 Å². The molecular formula is C26H30ClFN6O. The number of hydrogen-bond acceptors (Lipinski definition) is 7. The highest BCUT2D eigenvalue weighted by Gasteiger charge is 2.29. The number of rotatable bonds is 5. The largest absolute Gasteiger partial charge is 0.481 e. The van der Waals surface area contributed by atoms with Crippen LogP contribution in [0, 0.1) is 5.82 Å². The minimum absolute atomic E-state index is 0.160. The molecule has 0 saturated carbocycles. The zero-order chi connectivity index (χ0) is 24.5. The summed E-state index contributed by atoms with van der Waals surface area (Å²) in [5.74, 6) is 2.64. The Morgan fingerprint density at radius 1 is 0.943 bits per heavy atom. The minimum Gasteiger partial charge on any atom is -0.481 e. The Balaban J connectivity index is 1.46. The molecule has 0 N–H and O–H groups in total. The van der Waals surface area contributed by atoms with Crippen LogP contribution in [-0.4, -0.2) is 60.3 Å². The van der Waals surface area contributed by atoms with Gasteiger partial charge in [-0.1, -0.05) is 11.6 Å². The number of anilines is 3. The van der Waals surface area contributed by atoms with Gasteiger partial charge in [0.05, 0.1) is 17.8 Å². The molecule has 2 aliphatic rings. The summed E-state index contributed by atoms with van der Waals surface area (Å²) in [6.45, 7) is 7.58.